The molecular weight excluding hydrogens is 334 g/mol. The molecule has 1 aromatic rings. The molecule has 2 rings (SSSR count). The van der Waals surface area contributed by atoms with Crippen LogP contribution in [0.25, 0.3) is 0 Å². The molecule has 5 heteroatoms. The summed E-state index contributed by atoms with van der Waals surface area (Å²) in [6.45, 7) is 11.9. The first-order valence-electron chi connectivity index (χ1n) is 9.15. The predicted molar refractivity (Wildman–Crippen MR) is 107 cm³/mol. The fraction of sp³-hybridized carbons (Fsp3) is 0.650. The number of hydrogen-bond acceptors (Lipinski definition) is 3. The molecule has 25 heavy (non-hydrogen) atoms. The van der Waals surface area contributed by atoms with E-state index in [1.165, 1.54) is 11.1 Å². The molecule has 1 saturated heterocycles. The van der Waals surface area contributed by atoms with Crippen molar-refractivity contribution in [2.75, 3.05) is 26.2 Å². The lowest BCUT2D eigenvalue weighted by molar-refractivity contribution is -0.126. The van der Waals surface area contributed by atoms with Crippen LogP contribution in [0.5, 0.6) is 0 Å². The summed E-state index contributed by atoms with van der Waals surface area (Å²) in [5, 5.41) is 2.93. The number of likely N-dealkylation sites (tertiary alicyclic amines) is 1. The van der Waals surface area contributed by atoms with Crippen LogP contribution in [0.1, 0.15) is 57.7 Å². The first kappa shape index (κ1) is 21.9. The van der Waals surface area contributed by atoms with Gasteiger partial charge in [-0.2, -0.15) is 0 Å². The number of rotatable bonds is 5. The van der Waals surface area contributed by atoms with Crippen LogP contribution in [0.2, 0.25) is 0 Å². The second kappa shape index (κ2) is 9.56. The van der Waals surface area contributed by atoms with Gasteiger partial charge < -0.3 is 11.1 Å². The molecule has 1 heterocycles. The Hall–Kier alpha value is -1.10. The number of carbonyl (C=O) groups is 1. The second-order valence-electron chi connectivity index (χ2n) is 7.96. The van der Waals surface area contributed by atoms with Gasteiger partial charge in [0.15, 0.2) is 0 Å². The Morgan fingerprint density at radius 2 is 1.96 bits per heavy atom. The van der Waals surface area contributed by atoms with E-state index in [9.17, 15) is 4.79 Å². The molecule has 2 atom stereocenters. The maximum atomic E-state index is 12.2. The number of halogens is 1. The largest absolute Gasteiger partial charge is 0.355 e. The average Bonchev–Trinajstić information content (AvgIpc) is 2.58. The van der Waals surface area contributed by atoms with Crippen molar-refractivity contribution in [2.45, 2.75) is 52.0 Å². The van der Waals surface area contributed by atoms with Gasteiger partial charge >= 0.3 is 0 Å². The molecule has 0 spiro atoms. The van der Waals surface area contributed by atoms with Crippen molar-refractivity contribution in [3.8, 4) is 0 Å². The third kappa shape index (κ3) is 5.98. The monoisotopic (exact) mass is 367 g/mol. The van der Waals surface area contributed by atoms with Crippen molar-refractivity contribution < 1.29 is 4.79 Å². The Balaban J connectivity index is 0.00000312. The second-order valence-corrected chi connectivity index (χ2v) is 7.96. The van der Waals surface area contributed by atoms with E-state index in [4.69, 9.17) is 5.73 Å². The van der Waals surface area contributed by atoms with E-state index in [-0.39, 0.29) is 29.6 Å². The number of amides is 1. The summed E-state index contributed by atoms with van der Waals surface area (Å²) in [5.41, 5.74) is 8.34. The Labute approximate surface area is 158 Å². The summed E-state index contributed by atoms with van der Waals surface area (Å²) in [7, 11) is 0. The molecule has 0 aromatic heterocycles. The summed E-state index contributed by atoms with van der Waals surface area (Å²) < 4.78 is 0. The molecule has 0 saturated carbocycles. The molecule has 0 radical (unpaired) electrons. The van der Waals surface area contributed by atoms with Crippen LogP contribution in [0, 0.1) is 5.92 Å². The molecular formula is C20H34ClN3O. The lowest BCUT2D eigenvalue weighted by Crippen LogP contribution is -2.44. The predicted octanol–water partition coefficient (Wildman–Crippen LogP) is 3.25. The van der Waals surface area contributed by atoms with Gasteiger partial charge in [-0.25, -0.2) is 0 Å². The number of hydrogen-bond donors (Lipinski definition) is 2. The van der Waals surface area contributed by atoms with Crippen molar-refractivity contribution in [3.05, 3.63) is 35.4 Å². The molecule has 1 amide bonds. The number of benzene rings is 1. The highest BCUT2D eigenvalue weighted by atomic mass is 35.5. The van der Waals surface area contributed by atoms with Crippen LogP contribution in [-0.2, 0) is 10.2 Å². The normalized spacial score (nSPS) is 19.8. The van der Waals surface area contributed by atoms with Gasteiger partial charge in [0.2, 0.25) is 5.91 Å². The van der Waals surface area contributed by atoms with Gasteiger partial charge in [-0.1, -0.05) is 45.0 Å². The zero-order valence-electron chi connectivity index (χ0n) is 16.0. The molecule has 3 N–H and O–H groups in total. The number of nitrogens with one attached hydrogen (secondary N) is 1. The Kier molecular flexibility index (Phi) is 8.39. The quantitative estimate of drug-likeness (QED) is 0.839. The van der Waals surface area contributed by atoms with E-state index in [1.807, 2.05) is 0 Å². The Bertz CT molecular complexity index is 539. The van der Waals surface area contributed by atoms with E-state index in [2.05, 4.69) is 62.2 Å². The van der Waals surface area contributed by atoms with E-state index in [0.717, 1.165) is 25.9 Å². The summed E-state index contributed by atoms with van der Waals surface area (Å²) in [5.74, 6) is 0.238. The Morgan fingerprint density at radius 3 is 2.52 bits per heavy atom. The van der Waals surface area contributed by atoms with Crippen molar-refractivity contribution in [1.82, 2.24) is 10.2 Å². The van der Waals surface area contributed by atoms with Gasteiger partial charge in [0.05, 0.1) is 5.92 Å². The van der Waals surface area contributed by atoms with Crippen LogP contribution in [0.15, 0.2) is 24.3 Å². The zero-order valence-corrected chi connectivity index (χ0v) is 16.9. The molecule has 1 aliphatic rings. The van der Waals surface area contributed by atoms with E-state index < -0.39 is 0 Å². The number of piperidine rings is 1. The van der Waals surface area contributed by atoms with Crippen molar-refractivity contribution in [1.29, 1.82) is 0 Å². The van der Waals surface area contributed by atoms with Gasteiger partial charge in [0.1, 0.15) is 0 Å². The topological polar surface area (TPSA) is 58.4 Å². The van der Waals surface area contributed by atoms with Gasteiger partial charge in [0.25, 0.3) is 0 Å². The smallest absolute Gasteiger partial charge is 0.224 e. The lowest BCUT2D eigenvalue weighted by Gasteiger charge is -2.36. The summed E-state index contributed by atoms with van der Waals surface area (Å²) in [6.07, 6.45) is 2.05. The first-order valence-corrected chi connectivity index (χ1v) is 9.15. The van der Waals surface area contributed by atoms with Crippen molar-refractivity contribution >= 4 is 18.3 Å². The van der Waals surface area contributed by atoms with Crippen LogP contribution < -0.4 is 11.1 Å². The minimum Gasteiger partial charge on any atom is -0.355 e. The van der Waals surface area contributed by atoms with Gasteiger partial charge in [0, 0.05) is 25.7 Å². The standard InChI is InChI=1S/C20H33N3O.ClH/c1-15(16-7-9-18(10-8-16)20(2,3)4)23-13-5-6-17(14-23)19(24)22-12-11-21;/h7-10,15,17H,5-6,11-14,21H2,1-4H3,(H,22,24);1H. The lowest BCUT2D eigenvalue weighted by atomic mass is 9.86. The van der Waals surface area contributed by atoms with Crippen molar-refractivity contribution in [2.24, 2.45) is 11.7 Å². The molecule has 0 bridgehead atoms. The molecule has 1 aliphatic heterocycles. The minimum absolute atomic E-state index is 0. The van der Waals surface area contributed by atoms with Gasteiger partial charge in [-0.15, -0.1) is 12.4 Å². The van der Waals surface area contributed by atoms with E-state index in [0.29, 0.717) is 19.1 Å². The maximum absolute atomic E-state index is 12.2. The minimum atomic E-state index is 0. The van der Waals surface area contributed by atoms with Gasteiger partial charge in [-0.05, 0) is 42.9 Å². The highest BCUT2D eigenvalue weighted by Gasteiger charge is 2.28. The Morgan fingerprint density at radius 1 is 1.32 bits per heavy atom. The summed E-state index contributed by atoms with van der Waals surface area (Å²) in [4.78, 5) is 14.7. The molecule has 4 nitrogen and oxygen atoms in total. The van der Waals surface area contributed by atoms with Crippen molar-refractivity contribution in [3.63, 3.8) is 0 Å². The number of nitrogens with zero attached hydrogens (tertiary/aromatic N) is 1. The first-order chi connectivity index (χ1) is 11.3. The SMILES string of the molecule is CC(c1ccc(C(C)(C)C)cc1)N1CCCC(C(=O)NCCN)C1.Cl. The molecule has 142 valence electrons. The fourth-order valence-electron chi connectivity index (χ4n) is 3.38. The van der Waals surface area contributed by atoms with Crippen LogP contribution in [0.3, 0.4) is 0 Å². The fourth-order valence-corrected chi connectivity index (χ4v) is 3.38. The number of nitrogens with two attached hydrogens (primary N) is 1. The van der Waals surface area contributed by atoms with E-state index >= 15 is 0 Å². The van der Waals surface area contributed by atoms with E-state index in [1.54, 1.807) is 0 Å². The number of carbonyl (C=O) groups excluding carboxylic acids is 1. The highest BCUT2D eigenvalue weighted by Crippen LogP contribution is 2.29. The zero-order chi connectivity index (χ0) is 17.7. The maximum Gasteiger partial charge on any atom is 0.224 e. The summed E-state index contributed by atoms with van der Waals surface area (Å²) in [6, 6.07) is 9.29. The molecule has 1 fully saturated rings. The third-order valence-electron chi connectivity index (χ3n) is 5.07. The third-order valence-corrected chi connectivity index (χ3v) is 5.07. The van der Waals surface area contributed by atoms with Crippen LogP contribution >= 0.6 is 12.4 Å². The highest BCUT2D eigenvalue weighted by molar-refractivity contribution is 5.85. The molecule has 2 unspecified atom stereocenters. The molecule has 0 aliphatic carbocycles. The van der Waals surface area contributed by atoms with Crippen LogP contribution in [0.4, 0.5) is 0 Å². The van der Waals surface area contributed by atoms with Gasteiger partial charge in [-0.3, -0.25) is 9.69 Å². The molecule has 1 aromatic carbocycles. The summed E-state index contributed by atoms with van der Waals surface area (Å²) >= 11 is 0. The van der Waals surface area contributed by atoms with Crippen LogP contribution in [-0.4, -0.2) is 37.0 Å². The average molecular weight is 368 g/mol.